The van der Waals surface area contributed by atoms with Gasteiger partial charge in [-0.3, -0.25) is 0 Å². The Morgan fingerprint density at radius 1 is 0.281 bits per heavy atom. The zero-order valence-electron chi connectivity index (χ0n) is 63.4. The molecule has 15 aromatic carbocycles. The molecular weight excluding hydrogens is 1450 g/mol. The van der Waals surface area contributed by atoms with Gasteiger partial charge in [0, 0.05) is 147 Å². The van der Waals surface area contributed by atoms with Gasteiger partial charge in [-0.25, -0.2) is 0 Å². The van der Waals surface area contributed by atoms with Crippen LogP contribution in [0.2, 0.25) is 10.0 Å². The average Bonchev–Trinajstić information content (AvgIpc) is 1.58. The summed E-state index contributed by atoms with van der Waals surface area (Å²) >= 11 is 12.1. The number of halogens is 2. The summed E-state index contributed by atoms with van der Waals surface area (Å²) in [6.07, 6.45) is 1.74. The van der Waals surface area contributed by atoms with Gasteiger partial charge in [0.05, 0.1) is 0 Å². The Morgan fingerprint density at radius 2 is 0.649 bits per heavy atom. The van der Waals surface area contributed by atoms with E-state index in [0.717, 1.165) is 191 Å². The van der Waals surface area contributed by atoms with Crippen LogP contribution in [0, 0.1) is 41.5 Å². The van der Waals surface area contributed by atoms with Gasteiger partial charge >= 0.3 is 0 Å². The Bertz CT molecular complexity index is 6740. The molecule has 0 radical (unpaired) electrons. The SMILES string of the molecule is Cc1ccc(N(c2ccc(C3Cc4ccccc4O3)cc2)c2ccc3c(c2)oc2cc4c(cc23)oc2cc(N(c3ccc(C5Cc6ccccc6O5)cc3)c3ccc(C)c(C)c3)ccc24)cc1C.Cc1ccc(Nc2ccc(-c3cc4ccccc4o3)cc2)cc1C.Clc1ccc2c(c1)oc1cc3c(cc12)oc1cc(Cl)ccc13. The second-order valence-electron chi connectivity index (χ2n) is 30.1. The maximum Gasteiger partial charge on any atom is 0.137 e. The standard InChI is InChI=1S/C62H48N2O4.C22H19NO.C18H8Cl2O2/c1-37-13-19-47(29-39(37)3)63(45-21-15-41(16-22-45)57-31-43-9-5-7-11-55(43)65-57)49-25-27-51-53-35-62-54(36-61(53)67-59(51)33-49)52-28-26-50(34-60(52)68-62)64(48-20-14-38(2)40(4)30-48)46-23-17-42(18-24-46)58-32-44-10-6-8-12-56(44)66-58;1-15-7-10-20(13-16(15)2)23-19-11-8-17(9-12-19)22-14-18-5-3-4-6-21(18)24-22;19-9-1-3-11-13-7-18-14(8-17(13)21-15(11)5-9)12-4-2-10(20)6-16(12)22-18/h5-30,33-36,57-58H,31-32H2,1-4H3;3-14,23H,1-2H3;1-8H. The number of benzene rings is 15. The number of ether oxygens (including phenoxy) is 2. The summed E-state index contributed by atoms with van der Waals surface area (Å²) in [5.41, 5.74) is 29.4. The predicted molar refractivity (Wildman–Crippen MR) is 468 cm³/mol. The Kier molecular flexibility index (Phi) is 17.4. The number of para-hydroxylation sites is 3. The molecular formula is C102H75Cl2N3O7. The third-order valence-electron chi connectivity index (χ3n) is 22.8. The molecule has 2 atom stereocenters. The maximum atomic E-state index is 6.76. The Labute approximate surface area is 668 Å². The van der Waals surface area contributed by atoms with Gasteiger partial charge in [-0.1, -0.05) is 120 Å². The lowest BCUT2D eigenvalue weighted by atomic mass is 10.0. The number of nitrogens with one attached hydrogen (secondary N) is 1. The first-order valence-electron chi connectivity index (χ1n) is 38.5. The molecule has 20 aromatic rings. The highest BCUT2D eigenvalue weighted by molar-refractivity contribution is 6.32. The van der Waals surface area contributed by atoms with E-state index >= 15 is 0 Å². The number of aryl methyl sites for hydroxylation is 6. The molecule has 2 unspecified atom stereocenters. The second kappa shape index (κ2) is 28.4. The third-order valence-corrected chi connectivity index (χ3v) is 23.2. The van der Waals surface area contributed by atoms with Crippen molar-refractivity contribution >= 4 is 167 Å². The molecule has 12 heteroatoms. The van der Waals surface area contributed by atoms with Crippen molar-refractivity contribution in [3.05, 3.63) is 369 Å². The number of nitrogens with zero attached hydrogens (tertiary/aromatic N) is 2. The van der Waals surface area contributed by atoms with Crippen molar-refractivity contribution in [3.8, 4) is 22.8 Å². The van der Waals surface area contributed by atoms with Crippen molar-refractivity contribution in [2.45, 2.75) is 66.6 Å². The summed E-state index contributed by atoms with van der Waals surface area (Å²) in [6.45, 7) is 12.9. The monoisotopic (exact) mass is 1520 g/mol. The van der Waals surface area contributed by atoms with E-state index in [0.29, 0.717) is 10.0 Å². The van der Waals surface area contributed by atoms with Gasteiger partial charge in [-0.2, -0.15) is 0 Å². The molecule has 0 saturated heterocycles. The van der Waals surface area contributed by atoms with Gasteiger partial charge in [0.2, 0.25) is 0 Å². The van der Waals surface area contributed by atoms with Gasteiger partial charge in [0.15, 0.2) is 0 Å². The average molecular weight is 1530 g/mol. The molecule has 22 rings (SSSR count). The van der Waals surface area contributed by atoms with Crippen LogP contribution in [0.3, 0.4) is 0 Å². The molecule has 10 nitrogen and oxygen atoms in total. The Balaban J connectivity index is 0.000000147. The summed E-state index contributed by atoms with van der Waals surface area (Å²) in [6, 6.07) is 105. The number of rotatable bonds is 11. The van der Waals surface area contributed by atoms with E-state index in [1.165, 1.54) is 44.5 Å². The van der Waals surface area contributed by atoms with Crippen molar-refractivity contribution < 1.29 is 31.6 Å². The maximum absolute atomic E-state index is 6.76. The van der Waals surface area contributed by atoms with Crippen LogP contribution in [0.5, 0.6) is 11.5 Å². The summed E-state index contributed by atoms with van der Waals surface area (Å²) in [5.74, 6) is 2.85. The minimum Gasteiger partial charge on any atom is -0.485 e. The molecule has 5 aromatic heterocycles. The minimum absolute atomic E-state index is 0.00105. The molecule has 0 spiro atoms. The van der Waals surface area contributed by atoms with E-state index < -0.39 is 0 Å². The zero-order chi connectivity index (χ0) is 77.0. The van der Waals surface area contributed by atoms with Gasteiger partial charge < -0.3 is 46.7 Å². The number of hydrogen-bond acceptors (Lipinski definition) is 10. The molecule has 2 aliphatic rings. The molecule has 0 saturated carbocycles. The fourth-order valence-electron chi connectivity index (χ4n) is 16.2. The normalized spacial score (nSPS) is 13.7. The lowest BCUT2D eigenvalue weighted by molar-refractivity contribution is 0.238. The Morgan fingerprint density at radius 3 is 1.09 bits per heavy atom. The molecule has 114 heavy (non-hydrogen) atoms. The van der Waals surface area contributed by atoms with Crippen molar-refractivity contribution in [3.63, 3.8) is 0 Å². The van der Waals surface area contributed by atoms with Gasteiger partial charge in [0.25, 0.3) is 0 Å². The van der Waals surface area contributed by atoms with E-state index in [4.69, 9.17) is 54.8 Å². The van der Waals surface area contributed by atoms with E-state index in [-0.39, 0.29) is 12.2 Å². The first-order valence-corrected chi connectivity index (χ1v) is 39.2. The number of fused-ring (bicyclic) bond motifs is 15. The molecule has 2 aliphatic heterocycles. The van der Waals surface area contributed by atoms with E-state index in [1.54, 1.807) is 0 Å². The summed E-state index contributed by atoms with van der Waals surface area (Å²) < 4.78 is 44.0. The number of anilines is 8. The highest BCUT2D eigenvalue weighted by atomic mass is 35.5. The van der Waals surface area contributed by atoms with Crippen molar-refractivity contribution in [2.75, 3.05) is 15.1 Å². The van der Waals surface area contributed by atoms with Gasteiger partial charge in [0.1, 0.15) is 79.7 Å². The summed E-state index contributed by atoms with van der Waals surface area (Å²) in [5, 5.41) is 14.1. The van der Waals surface area contributed by atoms with Crippen LogP contribution in [-0.2, 0) is 12.8 Å². The summed E-state index contributed by atoms with van der Waals surface area (Å²) in [4.78, 5) is 4.62. The van der Waals surface area contributed by atoms with Crippen LogP contribution >= 0.6 is 23.2 Å². The molecule has 1 N–H and O–H groups in total. The van der Waals surface area contributed by atoms with Crippen LogP contribution < -0.4 is 24.6 Å². The van der Waals surface area contributed by atoms with Crippen LogP contribution in [0.1, 0.15) is 67.8 Å². The fourth-order valence-corrected chi connectivity index (χ4v) is 16.5. The van der Waals surface area contributed by atoms with Crippen LogP contribution in [0.4, 0.5) is 45.5 Å². The van der Waals surface area contributed by atoms with Crippen molar-refractivity contribution in [1.82, 2.24) is 0 Å². The molecule has 554 valence electrons. The highest BCUT2D eigenvalue weighted by Crippen LogP contribution is 2.47. The number of furan rings is 5. The lowest BCUT2D eigenvalue weighted by Crippen LogP contribution is -2.11. The van der Waals surface area contributed by atoms with Gasteiger partial charge in [-0.15, -0.1) is 0 Å². The predicted octanol–water partition coefficient (Wildman–Crippen LogP) is 30.3. The minimum atomic E-state index is 0.00105. The largest absolute Gasteiger partial charge is 0.485 e. The fraction of sp³-hybridized carbons (Fsp3) is 0.0980. The van der Waals surface area contributed by atoms with E-state index in [9.17, 15) is 0 Å². The molecule has 0 bridgehead atoms. The third kappa shape index (κ3) is 13.0. The van der Waals surface area contributed by atoms with Crippen LogP contribution in [-0.4, -0.2) is 0 Å². The van der Waals surface area contributed by atoms with Gasteiger partial charge in [-0.05, 0) is 279 Å². The first kappa shape index (κ1) is 69.8. The highest BCUT2D eigenvalue weighted by Gasteiger charge is 2.28. The van der Waals surface area contributed by atoms with Crippen LogP contribution in [0.15, 0.2) is 325 Å². The van der Waals surface area contributed by atoms with Crippen molar-refractivity contribution in [1.29, 1.82) is 0 Å². The molecule has 7 heterocycles. The quantitative estimate of drug-likeness (QED) is 0.135. The summed E-state index contributed by atoms with van der Waals surface area (Å²) in [7, 11) is 0. The molecule has 0 amide bonds. The Hall–Kier alpha value is -13.4. The second-order valence-corrected chi connectivity index (χ2v) is 31.0. The first-order chi connectivity index (χ1) is 55.6. The van der Waals surface area contributed by atoms with Crippen LogP contribution in [0.25, 0.3) is 110 Å². The smallest absolute Gasteiger partial charge is 0.137 e. The van der Waals surface area contributed by atoms with E-state index in [1.807, 2.05) is 78.9 Å². The molecule has 0 fully saturated rings. The lowest BCUT2D eigenvalue weighted by Gasteiger charge is -2.26. The van der Waals surface area contributed by atoms with E-state index in [2.05, 4.69) is 281 Å². The van der Waals surface area contributed by atoms with Crippen molar-refractivity contribution in [2.24, 2.45) is 0 Å². The molecule has 0 aliphatic carbocycles. The number of hydrogen-bond donors (Lipinski definition) is 1. The zero-order valence-corrected chi connectivity index (χ0v) is 65.0. The topological polar surface area (TPSA) is 103 Å².